The summed E-state index contributed by atoms with van der Waals surface area (Å²) < 4.78 is 12.4. The summed E-state index contributed by atoms with van der Waals surface area (Å²) >= 11 is 0. The summed E-state index contributed by atoms with van der Waals surface area (Å²) in [6.45, 7) is 0. The van der Waals surface area contributed by atoms with Gasteiger partial charge < -0.3 is 9.47 Å². The number of allylic oxidation sites excluding steroid dienone is 4. The van der Waals surface area contributed by atoms with Crippen molar-refractivity contribution in [1.82, 2.24) is 0 Å². The summed E-state index contributed by atoms with van der Waals surface area (Å²) in [4.78, 5) is 0. The molecule has 2 aromatic rings. The predicted molar refractivity (Wildman–Crippen MR) is 85.5 cm³/mol. The molecule has 0 aromatic heterocycles. The fourth-order valence-electron chi connectivity index (χ4n) is 3.51. The molecule has 0 radical (unpaired) electrons. The molecule has 22 heavy (non-hydrogen) atoms. The Morgan fingerprint density at radius 3 is 2.55 bits per heavy atom. The Morgan fingerprint density at radius 1 is 0.773 bits per heavy atom. The summed E-state index contributed by atoms with van der Waals surface area (Å²) in [6.07, 6.45) is 8.35. The standard InChI is InChI=1S/C20H16O2/c1-3-7-17-13(5-1)11-15-9-10-16-12-14-6-2-4-8-18(14)22-20(16)19(15)21-17/h1-3,5-7,9-10H,4,8,11-12H2. The van der Waals surface area contributed by atoms with Gasteiger partial charge in [0.1, 0.15) is 11.5 Å². The van der Waals surface area contributed by atoms with Crippen molar-refractivity contribution in [3.63, 3.8) is 0 Å². The van der Waals surface area contributed by atoms with E-state index in [2.05, 4.69) is 36.4 Å². The van der Waals surface area contributed by atoms with E-state index >= 15 is 0 Å². The summed E-state index contributed by atoms with van der Waals surface area (Å²) in [6, 6.07) is 12.6. The Balaban J connectivity index is 1.61. The lowest BCUT2D eigenvalue weighted by Gasteiger charge is -2.29. The van der Waals surface area contributed by atoms with E-state index in [0.29, 0.717) is 0 Å². The molecule has 108 valence electrons. The molecule has 5 rings (SSSR count). The molecule has 1 aliphatic carbocycles. The van der Waals surface area contributed by atoms with Crippen LogP contribution < -0.4 is 9.47 Å². The normalized spacial score (nSPS) is 17.6. The summed E-state index contributed by atoms with van der Waals surface area (Å²) in [5, 5.41) is 0. The fourth-order valence-corrected chi connectivity index (χ4v) is 3.51. The minimum Gasteiger partial charge on any atom is -0.457 e. The van der Waals surface area contributed by atoms with E-state index in [1.165, 1.54) is 22.3 Å². The van der Waals surface area contributed by atoms with Crippen molar-refractivity contribution < 1.29 is 9.47 Å². The first-order valence-corrected chi connectivity index (χ1v) is 7.85. The van der Waals surface area contributed by atoms with Gasteiger partial charge in [-0.15, -0.1) is 0 Å². The van der Waals surface area contributed by atoms with Gasteiger partial charge in [0.25, 0.3) is 0 Å². The predicted octanol–water partition coefficient (Wildman–Crippen LogP) is 4.92. The number of para-hydroxylation sites is 1. The average Bonchev–Trinajstić information content (AvgIpc) is 2.58. The third-order valence-corrected chi connectivity index (χ3v) is 4.66. The van der Waals surface area contributed by atoms with Crippen molar-refractivity contribution in [2.75, 3.05) is 0 Å². The molecule has 0 amide bonds. The van der Waals surface area contributed by atoms with Crippen molar-refractivity contribution in [2.24, 2.45) is 0 Å². The second-order valence-corrected chi connectivity index (χ2v) is 6.10. The third-order valence-electron chi connectivity index (χ3n) is 4.66. The van der Waals surface area contributed by atoms with Gasteiger partial charge in [-0.05, 0) is 23.6 Å². The van der Waals surface area contributed by atoms with E-state index in [0.717, 1.165) is 48.7 Å². The quantitative estimate of drug-likeness (QED) is 0.584. The van der Waals surface area contributed by atoms with E-state index in [9.17, 15) is 0 Å². The van der Waals surface area contributed by atoms with Crippen LogP contribution in [0.25, 0.3) is 0 Å². The van der Waals surface area contributed by atoms with Crippen molar-refractivity contribution in [3.8, 4) is 17.2 Å². The molecule has 3 aliphatic rings. The first-order chi connectivity index (χ1) is 10.9. The second-order valence-electron chi connectivity index (χ2n) is 6.10. The first kappa shape index (κ1) is 12.1. The van der Waals surface area contributed by atoms with Gasteiger partial charge in [0.05, 0.1) is 0 Å². The minimum atomic E-state index is 0.911. The highest BCUT2D eigenvalue weighted by molar-refractivity contribution is 5.61. The maximum absolute atomic E-state index is 6.25. The lowest BCUT2D eigenvalue weighted by molar-refractivity contribution is 0.350. The number of rotatable bonds is 0. The third kappa shape index (κ3) is 1.73. The van der Waals surface area contributed by atoms with Crippen LogP contribution in [0.4, 0.5) is 0 Å². The van der Waals surface area contributed by atoms with Crippen molar-refractivity contribution in [3.05, 3.63) is 76.6 Å². The lowest BCUT2D eigenvalue weighted by atomic mass is 9.92. The molecule has 0 atom stereocenters. The zero-order chi connectivity index (χ0) is 14.5. The summed E-state index contributed by atoms with van der Waals surface area (Å²) in [5.74, 6) is 3.92. The topological polar surface area (TPSA) is 18.5 Å². The van der Waals surface area contributed by atoms with Crippen LogP contribution in [0.3, 0.4) is 0 Å². The van der Waals surface area contributed by atoms with Gasteiger partial charge >= 0.3 is 0 Å². The molecule has 0 bridgehead atoms. The number of hydrogen-bond donors (Lipinski definition) is 0. The van der Waals surface area contributed by atoms with Gasteiger partial charge in [-0.25, -0.2) is 0 Å². The van der Waals surface area contributed by atoms with Crippen LogP contribution in [0.1, 0.15) is 29.5 Å². The Labute approximate surface area is 129 Å². The van der Waals surface area contributed by atoms with Crippen LogP contribution in [0.5, 0.6) is 17.2 Å². The maximum atomic E-state index is 6.25. The summed E-state index contributed by atoms with van der Waals surface area (Å²) in [7, 11) is 0. The average molecular weight is 288 g/mol. The smallest absolute Gasteiger partial charge is 0.173 e. The van der Waals surface area contributed by atoms with Crippen LogP contribution in [0.2, 0.25) is 0 Å². The van der Waals surface area contributed by atoms with E-state index < -0.39 is 0 Å². The second kappa shape index (κ2) is 4.51. The molecule has 0 saturated carbocycles. The van der Waals surface area contributed by atoms with Gasteiger partial charge in [0, 0.05) is 30.4 Å². The van der Waals surface area contributed by atoms with Gasteiger partial charge in [-0.2, -0.15) is 0 Å². The Bertz CT molecular complexity index is 843. The lowest BCUT2D eigenvalue weighted by Crippen LogP contribution is -2.14. The van der Waals surface area contributed by atoms with Gasteiger partial charge in [-0.1, -0.05) is 42.5 Å². The maximum Gasteiger partial charge on any atom is 0.173 e. The number of hydrogen-bond acceptors (Lipinski definition) is 2. The SMILES string of the molecule is C1=CC2=C(CC1)Oc1c(ccc3c1Oc1ccccc1C3)C2. The van der Waals surface area contributed by atoms with Crippen molar-refractivity contribution in [1.29, 1.82) is 0 Å². The zero-order valence-electron chi connectivity index (χ0n) is 12.3. The van der Waals surface area contributed by atoms with Crippen LogP contribution >= 0.6 is 0 Å². The Hall–Kier alpha value is -2.48. The van der Waals surface area contributed by atoms with Crippen LogP contribution in [0.15, 0.2) is 59.9 Å². The molecule has 0 fully saturated rings. The molecular weight excluding hydrogens is 272 g/mol. The Kier molecular flexibility index (Phi) is 2.48. The highest BCUT2D eigenvalue weighted by Gasteiger charge is 2.27. The largest absolute Gasteiger partial charge is 0.457 e. The number of fused-ring (bicyclic) bond motifs is 4. The molecule has 2 heterocycles. The van der Waals surface area contributed by atoms with Crippen LogP contribution in [-0.4, -0.2) is 0 Å². The van der Waals surface area contributed by atoms with Gasteiger partial charge in [-0.3, -0.25) is 0 Å². The van der Waals surface area contributed by atoms with E-state index in [1.807, 2.05) is 12.1 Å². The van der Waals surface area contributed by atoms with E-state index in [4.69, 9.17) is 9.47 Å². The Morgan fingerprint density at radius 2 is 1.59 bits per heavy atom. The van der Waals surface area contributed by atoms with Crippen LogP contribution in [0, 0.1) is 0 Å². The monoisotopic (exact) mass is 288 g/mol. The molecule has 2 aliphatic heterocycles. The zero-order valence-corrected chi connectivity index (χ0v) is 12.3. The highest BCUT2D eigenvalue weighted by Crippen LogP contribution is 2.47. The molecule has 0 spiro atoms. The molecule has 2 nitrogen and oxygen atoms in total. The number of ether oxygens (including phenoxy) is 2. The van der Waals surface area contributed by atoms with Crippen molar-refractivity contribution in [2.45, 2.75) is 25.7 Å². The molecular formula is C20H16O2. The molecule has 0 saturated heterocycles. The molecule has 2 aromatic carbocycles. The van der Waals surface area contributed by atoms with E-state index in [-0.39, 0.29) is 0 Å². The first-order valence-electron chi connectivity index (χ1n) is 7.85. The molecule has 0 N–H and O–H groups in total. The highest BCUT2D eigenvalue weighted by atomic mass is 16.5. The molecule has 2 heteroatoms. The van der Waals surface area contributed by atoms with Gasteiger partial charge in [0.2, 0.25) is 0 Å². The van der Waals surface area contributed by atoms with Gasteiger partial charge in [0.15, 0.2) is 11.5 Å². The fraction of sp³-hybridized carbons (Fsp3) is 0.200. The van der Waals surface area contributed by atoms with E-state index in [1.54, 1.807) is 0 Å². The number of benzene rings is 2. The minimum absolute atomic E-state index is 0.911. The van der Waals surface area contributed by atoms with Crippen LogP contribution in [-0.2, 0) is 12.8 Å². The summed E-state index contributed by atoms with van der Waals surface area (Å²) in [5.41, 5.74) is 5.00. The molecule has 0 unspecified atom stereocenters. The van der Waals surface area contributed by atoms with Crippen molar-refractivity contribution >= 4 is 0 Å².